The molecule has 4 rings (SSSR count). The van der Waals surface area contributed by atoms with Crippen LogP contribution in [0.15, 0.2) is 0 Å². The second kappa shape index (κ2) is 6.57. The Balaban J connectivity index is 1.55. The van der Waals surface area contributed by atoms with Crippen molar-refractivity contribution in [2.45, 2.75) is 83.3 Å². The minimum Gasteiger partial charge on any atom is -0.350 e. The van der Waals surface area contributed by atoms with Gasteiger partial charge in [-0.25, -0.2) is 0 Å². The smallest absolute Gasteiger partial charge is 0.237 e. The highest BCUT2D eigenvalue weighted by Gasteiger charge is 2.51. The molecule has 4 aliphatic rings. The van der Waals surface area contributed by atoms with E-state index in [1.807, 2.05) is 39.6 Å². The second-order valence-corrected chi connectivity index (χ2v) is 10.1. The van der Waals surface area contributed by atoms with Crippen molar-refractivity contribution in [2.24, 2.45) is 17.8 Å². The fourth-order valence-corrected chi connectivity index (χ4v) is 5.65. The lowest BCUT2D eigenvalue weighted by atomic mass is 9.53. The van der Waals surface area contributed by atoms with Crippen molar-refractivity contribution in [1.82, 2.24) is 15.5 Å². The number of hydrogen-bond donors (Lipinski definition) is 2. The number of nitrogens with zero attached hydrogens (tertiary/aromatic N) is 1. The molecule has 5 heteroatoms. The van der Waals surface area contributed by atoms with E-state index in [0.717, 1.165) is 37.0 Å². The Labute approximate surface area is 152 Å². The van der Waals surface area contributed by atoms with E-state index < -0.39 is 0 Å². The van der Waals surface area contributed by atoms with E-state index in [4.69, 9.17) is 0 Å². The summed E-state index contributed by atoms with van der Waals surface area (Å²) >= 11 is 0. The fraction of sp³-hybridized carbons (Fsp3) is 0.900. The third kappa shape index (κ3) is 4.36. The van der Waals surface area contributed by atoms with Crippen LogP contribution < -0.4 is 10.6 Å². The van der Waals surface area contributed by atoms with E-state index in [1.165, 1.54) is 19.3 Å². The van der Waals surface area contributed by atoms with Crippen LogP contribution in [0.4, 0.5) is 0 Å². The summed E-state index contributed by atoms with van der Waals surface area (Å²) in [5.41, 5.74) is -0.211. The molecule has 5 nitrogen and oxygen atoms in total. The molecule has 2 N–H and O–H groups in total. The summed E-state index contributed by atoms with van der Waals surface area (Å²) in [6.45, 7) is 8.04. The van der Waals surface area contributed by atoms with Crippen molar-refractivity contribution in [2.75, 3.05) is 13.6 Å². The predicted molar refractivity (Wildman–Crippen MR) is 99.0 cm³/mol. The Morgan fingerprint density at radius 3 is 2.00 bits per heavy atom. The van der Waals surface area contributed by atoms with Gasteiger partial charge < -0.3 is 10.6 Å². The number of carbonyl (C=O) groups excluding carboxylic acids is 2. The first kappa shape index (κ1) is 18.7. The number of nitrogens with one attached hydrogen (secondary N) is 2. The molecule has 4 bridgehead atoms. The highest BCUT2D eigenvalue weighted by atomic mass is 16.2. The third-order valence-electron chi connectivity index (χ3n) is 6.37. The van der Waals surface area contributed by atoms with Gasteiger partial charge in [-0.3, -0.25) is 14.5 Å². The second-order valence-electron chi connectivity index (χ2n) is 10.1. The first-order valence-electron chi connectivity index (χ1n) is 9.88. The van der Waals surface area contributed by atoms with Gasteiger partial charge in [0.25, 0.3) is 0 Å². The van der Waals surface area contributed by atoms with Crippen molar-refractivity contribution in [1.29, 1.82) is 0 Å². The Hall–Kier alpha value is -1.10. The van der Waals surface area contributed by atoms with E-state index in [2.05, 4.69) is 10.6 Å². The molecular weight excluding hydrogens is 314 g/mol. The van der Waals surface area contributed by atoms with E-state index in [1.54, 1.807) is 0 Å². The van der Waals surface area contributed by atoms with Gasteiger partial charge in [0.1, 0.15) is 0 Å². The molecule has 25 heavy (non-hydrogen) atoms. The van der Waals surface area contributed by atoms with Crippen LogP contribution in [-0.2, 0) is 9.59 Å². The Bertz CT molecular complexity index is 502. The first-order valence-corrected chi connectivity index (χ1v) is 9.88. The van der Waals surface area contributed by atoms with Crippen LogP contribution in [0.2, 0.25) is 0 Å². The van der Waals surface area contributed by atoms with Crippen molar-refractivity contribution in [3.8, 4) is 0 Å². The molecule has 0 aromatic rings. The highest BCUT2D eigenvalue weighted by Crippen LogP contribution is 2.55. The molecule has 0 aromatic heterocycles. The van der Waals surface area contributed by atoms with Crippen LogP contribution in [0, 0.1) is 17.8 Å². The Kier molecular flexibility index (Phi) is 4.91. The van der Waals surface area contributed by atoms with Gasteiger partial charge in [0, 0.05) is 11.1 Å². The molecule has 2 amide bonds. The Morgan fingerprint density at radius 1 is 1.08 bits per heavy atom. The molecule has 0 aliphatic heterocycles. The summed E-state index contributed by atoms with van der Waals surface area (Å²) in [5, 5.41) is 6.37. The fourth-order valence-electron chi connectivity index (χ4n) is 5.65. The van der Waals surface area contributed by atoms with Crippen molar-refractivity contribution >= 4 is 11.8 Å². The van der Waals surface area contributed by atoms with E-state index in [0.29, 0.717) is 0 Å². The molecule has 4 aliphatic carbocycles. The van der Waals surface area contributed by atoms with Crippen LogP contribution in [0.3, 0.4) is 0 Å². The standard InChI is InChI=1S/C20H35N3O2/c1-13(23(5)12-17(24)21-19(2,3)4)18(25)22-20-9-14-6-15(10-20)8-16(7-14)11-20/h13-16H,6-12H2,1-5H3,(H,21,24)(H,22,25)/t13-,14?,15?,16?,20?/m1/s1. The largest absolute Gasteiger partial charge is 0.350 e. The molecule has 1 atom stereocenters. The summed E-state index contributed by atoms with van der Waals surface area (Å²) in [6, 6.07) is -0.293. The molecular formula is C20H35N3O2. The minimum absolute atomic E-state index is 0.0363. The van der Waals surface area contributed by atoms with E-state index in [9.17, 15) is 9.59 Å². The first-order chi connectivity index (χ1) is 11.6. The highest BCUT2D eigenvalue weighted by molar-refractivity contribution is 5.84. The molecule has 4 saturated carbocycles. The predicted octanol–water partition coefficient (Wildman–Crippen LogP) is 2.31. The lowest BCUT2D eigenvalue weighted by molar-refractivity contribution is -0.132. The van der Waals surface area contributed by atoms with Gasteiger partial charge in [0.15, 0.2) is 0 Å². The average molecular weight is 350 g/mol. The van der Waals surface area contributed by atoms with Crippen LogP contribution >= 0.6 is 0 Å². The molecule has 0 unspecified atom stereocenters. The van der Waals surface area contributed by atoms with Crippen molar-refractivity contribution in [3.05, 3.63) is 0 Å². The molecule has 0 heterocycles. The van der Waals surface area contributed by atoms with Crippen LogP contribution in [0.1, 0.15) is 66.2 Å². The quantitative estimate of drug-likeness (QED) is 0.801. The summed E-state index contributed by atoms with van der Waals surface area (Å²) in [5.74, 6) is 2.49. The third-order valence-corrected chi connectivity index (χ3v) is 6.37. The average Bonchev–Trinajstić information content (AvgIpc) is 2.41. The molecule has 0 saturated heterocycles. The van der Waals surface area contributed by atoms with Gasteiger partial charge in [-0.15, -0.1) is 0 Å². The summed E-state index contributed by atoms with van der Waals surface area (Å²) < 4.78 is 0. The molecule has 0 aromatic carbocycles. The van der Waals surface area contributed by atoms with Crippen LogP contribution in [0.25, 0.3) is 0 Å². The molecule has 0 radical (unpaired) electrons. The number of likely N-dealkylation sites (N-methyl/N-ethyl adjacent to an activating group) is 1. The maximum absolute atomic E-state index is 12.9. The maximum Gasteiger partial charge on any atom is 0.237 e. The summed E-state index contributed by atoms with van der Waals surface area (Å²) in [4.78, 5) is 26.8. The normalized spacial score (nSPS) is 34.9. The number of amides is 2. The molecule has 4 fully saturated rings. The Morgan fingerprint density at radius 2 is 1.56 bits per heavy atom. The van der Waals surface area contributed by atoms with E-state index in [-0.39, 0.29) is 35.5 Å². The van der Waals surface area contributed by atoms with E-state index >= 15 is 0 Å². The van der Waals surface area contributed by atoms with Crippen LogP contribution in [-0.4, -0.2) is 47.4 Å². The zero-order valence-corrected chi connectivity index (χ0v) is 16.5. The molecule has 0 spiro atoms. The van der Waals surface area contributed by atoms with Crippen molar-refractivity contribution < 1.29 is 9.59 Å². The van der Waals surface area contributed by atoms with Gasteiger partial charge in [-0.2, -0.15) is 0 Å². The number of hydrogen-bond acceptors (Lipinski definition) is 3. The topological polar surface area (TPSA) is 61.4 Å². The number of rotatable bonds is 5. The monoisotopic (exact) mass is 349 g/mol. The van der Waals surface area contributed by atoms with Gasteiger partial charge in [-0.05, 0) is 91.0 Å². The zero-order chi connectivity index (χ0) is 18.4. The maximum atomic E-state index is 12.9. The summed E-state index contributed by atoms with van der Waals surface area (Å²) in [6.07, 6.45) is 7.59. The van der Waals surface area contributed by atoms with Gasteiger partial charge in [0.05, 0.1) is 12.6 Å². The van der Waals surface area contributed by atoms with Gasteiger partial charge in [0.2, 0.25) is 11.8 Å². The SMILES string of the molecule is C[C@H](C(=O)NC12CC3CC(CC(C3)C1)C2)N(C)CC(=O)NC(C)(C)C. The van der Waals surface area contributed by atoms with Gasteiger partial charge >= 0.3 is 0 Å². The van der Waals surface area contributed by atoms with Gasteiger partial charge in [-0.1, -0.05) is 0 Å². The molecule has 142 valence electrons. The van der Waals surface area contributed by atoms with Crippen molar-refractivity contribution in [3.63, 3.8) is 0 Å². The lowest BCUT2D eigenvalue weighted by Gasteiger charge is -2.57. The summed E-state index contributed by atoms with van der Waals surface area (Å²) in [7, 11) is 1.85. The number of carbonyl (C=O) groups is 2. The minimum atomic E-state index is -0.293. The lowest BCUT2D eigenvalue weighted by Crippen LogP contribution is -2.62. The zero-order valence-electron chi connectivity index (χ0n) is 16.5. The van der Waals surface area contributed by atoms with Crippen LogP contribution in [0.5, 0.6) is 0 Å².